The van der Waals surface area contributed by atoms with E-state index in [1.165, 1.54) is 0 Å². The predicted molar refractivity (Wildman–Crippen MR) is 55.9 cm³/mol. The van der Waals surface area contributed by atoms with E-state index in [-0.39, 0.29) is 12.0 Å². The molecule has 0 saturated carbocycles. The highest BCUT2D eigenvalue weighted by Gasteiger charge is 2.29. The molecule has 74 valence electrons. The molecule has 1 aliphatic heterocycles. The third-order valence-electron chi connectivity index (χ3n) is 2.81. The highest BCUT2D eigenvalue weighted by Crippen LogP contribution is 2.41. The van der Waals surface area contributed by atoms with Crippen molar-refractivity contribution in [2.45, 2.75) is 25.9 Å². The normalized spacial score (nSPS) is 24.1. The molecule has 0 aromatic heterocycles. The van der Waals surface area contributed by atoms with E-state index in [0.717, 1.165) is 16.9 Å². The van der Waals surface area contributed by atoms with Gasteiger partial charge in [0.15, 0.2) is 0 Å². The van der Waals surface area contributed by atoms with Gasteiger partial charge in [-0.25, -0.2) is 0 Å². The summed E-state index contributed by atoms with van der Waals surface area (Å²) in [5, 5.41) is 9.58. The van der Waals surface area contributed by atoms with Crippen molar-refractivity contribution in [3.05, 3.63) is 35.9 Å². The van der Waals surface area contributed by atoms with Crippen molar-refractivity contribution in [3.8, 4) is 11.5 Å². The summed E-state index contributed by atoms with van der Waals surface area (Å²) in [5.41, 5.74) is 1.92. The molecular weight excluding hydrogens is 176 g/mol. The van der Waals surface area contributed by atoms with Crippen LogP contribution in [-0.2, 0) is 0 Å². The van der Waals surface area contributed by atoms with Gasteiger partial charge in [0.1, 0.15) is 17.6 Å². The molecule has 1 aromatic rings. The predicted octanol–water partition coefficient (Wildman–Crippen LogP) is 2.75. The topological polar surface area (TPSA) is 29.5 Å². The largest absolute Gasteiger partial charge is 0.508 e. The molecule has 2 rings (SSSR count). The molecule has 2 atom stereocenters. The number of rotatable bonds is 1. The lowest BCUT2D eigenvalue weighted by Gasteiger charge is -2.08. The van der Waals surface area contributed by atoms with Crippen molar-refractivity contribution in [2.75, 3.05) is 0 Å². The summed E-state index contributed by atoms with van der Waals surface area (Å²) in [6.07, 6.45) is 1.84. The van der Waals surface area contributed by atoms with E-state index in [2.05, 4.69) is 13.5 Å². The summed E-state index contributed by atoms with van der Waals surface area (Å²) >= 11 is 0. The van der Waals surface area contributed by atoms with Gasteiger partial charge < -0.3 is 9.84 Å². The van der Waals surface area contributed by atoms with Gasteiger partial charge in [-0.2, -0.15) is 0 Å². The van der Waals surface area contributed by atoms with Crippen LogP contribution in [0, 0.1) is 6.92 Å². The van der Waals surface area contributed by atoms with E-state index >= 15 is 0 Å². The molecule has 0 radical (unpaired) electrons. The van der Waals surface area contributed by atoms with E-state index in [1.54, 1.807) is 12.1 Å². The van der Waals surface area contributed by atoms with E-state index in [9.17, 15) is 5.11 Å². The van der Waals surface area contributed by atoms with Crippen LogP contribution in [0.15, 0.2) is 24.8 Å². The molecular formula is C12H14O2. The summed E-state index contributed by atoms with van der Waals surface area (Å²) in [6.45, 7) is 7.68. The summed E-state index contributed by atoms with van der Waals surface area (Å²) < 4.78 is 5.68. The Morgan fingerprint density at radius 3 is 2.86 bits per heavy atom. The van der Waals surface area contributed by atoms with Gasteiger partial charge in [0.25, 0.3) is 0 Å². The standard InChI is InChI=1S/C12H14O2/c1-4-11-8(3)9-6-10(13)7(2)5-12(9)14-11/h4-6,8,11,13H,1H2,2-3H3/t8-,11?/m0/s1. The van der Waals surface area contributed by atoms with Gasteiger partial charge in [-0.05, 0) is 24.6 Å². The van der Waals surface area contributed by atoms with Gasteiger partial charge >= 0.3 is 0 Å². The van der Waals surface area contributed by atoms with E-state index < -0.39 is 0 Å². The van der Waals surface area contributed by atoms with E-state index in [4.69, 9.17) is 4.74 Å². The maximum Gasteiger partial charge on any atom is 0.124 e. The molecule has 1 aliphatic rings. The lowest BCUT2D eigenvalue weighted by molar-refractivity contribution is 0.262. The van der Waals surface area contributed by atoms with Crippen molar-refractivity contribution >= 4 is 0 Å². The monoisotopic (exact) mass is 190 g/mol. The number of aromatic hydroxyl groups is 1. The van der Waals surface area contributed by atoms with E-state index in [0.29, 0.717) is 5.75 Å². The second-order valence-electron chi connectivity index (χ2n) is 3.78. The fourth-order valence-corrected chi connectivity index (χ4v) is 1.82. The van der Waals surface area contributed by atoms with Crippen LogP contribution in [0.1, 0.15) is 24.0 Å². The van der Waals surface area contributed by atoms with Crippen LogP contribution in [0.3, 0.4) is 0 Å². The van der Waals surface area contributed by atoms with Crippen molar-refractivity contribution in [3.63, 3.8) is 0 Å². The van der Waals surface area contributed by atoms with Gasteiger partial charge in [-0.15, -0.1) is 0 Å². The Hall–Kier alpha value is -1.44. The van der Waals surface area contributed by atoms with Crippen molar-refractivity contribution in [1.29, 1.82) is 0 Å². The number of phenols is 1. The Bertz CT molecular complexity index is 382. The number of fused-ring (bicyclic) bond motifs is 1. The van der Waals surface area contributed by atoms with Crippen LogP contribution in [0.25, 0.3) is 0 Å². The lowest BCUT2D eigenvalue weighted by atomic mass is 9.96. The molecule has 0 saturated heterocycles. The number of hydrogen-bond acceptors (Lipinski definition) is 2. The molecule has 0 bridgehead atoms. The highest BCUT2D eigenvalue weighted by molar-refractivity contribution is 5.50. The Labute approximate surface area is 83.8 Å². The first-order valence-corrected chi connectivity index (χ1v) is 4.76. The van der Waals surface area contributed by atoms with Crippen LogP contribution in [0.5, 0.6) is 11.5 Å². The fourth-order valence-electron chi connectivity index (χ4n) is 1.82. The summed E-state index contributed by atoms with van der Waals surface area (Å²) in [5.74, 6) is 1.48. The fraction of sp³-hybridized carbons (Fsp3) is 0.333. The number of aryl methyl sites for hydroxylation is 1. The maximum absolute atomic E-state index is 9.58. The lowest BCUT2D eigenvalue weighted by Crippen LogP contribution is -2.12. The molecule has 2 nitrogen and oxygen atoms in total. The minimum atomic E-state index is 0.0335. The molecule has 0 fully saturated rings. The van der Waals surface area contributed by atoms with Crippen molar-refractivity contribution in [1.82, 2.24) is 0 Å². The third kappa shape index (κ3) is 1.18. The molecule has 1 heterocycles. The van der Waals surface area contributed by atoms with Crippen LogP contribution >= 0.6 is 0 Å². The quantitative estimate of drug-likeness (QED) is 0.690. The zero-order valence-corrected chi connectivity index (χ0v) is 8.45. The number of phenolic OH excluding ortho intramolecular Hbond substituents is 1. The second-order valence-corrected chi connectivity index (χ2v) is 3.78. The Kier molecular flexibility index (Phi) is 1.99. The first-order chi connectivity index (χ1) is 6.63. The van der Waals surface area contributed by atoms with Crippen LogP contribution in [-0.4, -0.2) is 11.2 Å². The minimum absolute atomic E-state index is 0.0335. The van der Waals surface area contributed by atoms with Crippen LogP contribution in [0.2, 0.25) is 0 Å². The molecule has 14 heavy (non-hydrogen) atoms. The van der Waals surface area contributed by atoms with Gasteiger partial charge in [-0.1, -0.05) is 19.6 Å². The van der Waals surface area contributed by atoms with Crippen molar-refractivity contribution in [2.24, 2.45) is 0 Å². The third-order valence-corrected chi connectivity index (χ3v) is 2.81. The van der Waals surface area contributed by atoms with Crippen LogP contribution in [0.4, 0.5) is 0 Å². The SMILES string of the molecule is C=CC1Oc2cc(C)c(O)cc2[C@@H]1C. The first kappa shape index (κ1) is 9.13. The molecule has 0 aliphatic carbocycles. The average Bonchev–Trinajstić information content (AvgIpc) is 2.45. The number of ether oxygens (including phenoxy) is 1. The molecule has 1 unspecified atom stereocenters. The second kappa shape index (κ2) is 3.05. The molecule has 1 aromatic carbocycles. The van der Waals surface area contributed by atoms with Crippen LogP contribution < -0.4 is 4.74 Å². The zero-order valence-electron chi connectivity index (χ0n) is 8.45. The van der Waals surface area contributed by atoms with Gasteiger partial charge in [0, 0.05) is 11.5 Å². The van der Waals surface area contributed by atoms with Gasteiger partial charge in [-0.3, -0.25) is 0 Å². The maximum atomic E-state index is 9.58. The van der Waals surface area contributed by atoms with E-state index in [1.807, 2.05) is 13.0 Å². The Morgan fingerprint density at radius 1 is 1.50 bits per heavy atom. The molecule has 0 spiro atoms. The zero-order chi connectivity index (χ0) is 10.3. The highest BCUT2D eigenvalue weighted by atomic mass is 16.5. The van der Waals surface area contributed by atoms with Crippen molar-refractivity contribution < 1.29 is 9.84 Å². The molecule has 1 N–H and O–H groups in total. The molecule has 2 heteroatoms. The minimum Gasteiger partial charge on any atom is -0.508 e. The smallest absolute Gasteiger partial charge is 0.124 e. The average molecular weight is 190 g/mol. The summed E-state index contributed by atoms with van der Waals surface area (Å²) in [4.78, 5) is 0. The number of hydrogen-bond donors (Lipinski definition) is 1. The Balaban J connectivity index is 2.49. The van der Waals surface area contributed by atoms with Gasteiger partial charge in [0.05, 0.1) is 0 Å². The first-order valence-electron chi connectivity index (χ1n) is 4.76. The number of benzene rings is 1. The van der Waals surface area contributed by atoms with Gasteiger partial charge in [0.2, 0.25) is 0 Å². The summed E-state index contributed by atoms with van der Waals surface area (Å²) in [7, 11) is 0. The molecule has 0 amide bonds. The summed E-state index contributed by atoms with van der Waals surface area (Å²) in [6, 6.07) is 3.67. The Morgan fingerprint density at radius 2 is 2.21 bits per heavy atom.